The Balaban J connectivity index is 1.46. The molecule has 166 valence electrons. The van der Waals surface area contributed by atoms with E-state index in [1.807, 2.05) is 6.92 Å². The molecule has 0 spiro atoms. The monoisotopic (exact) mass is 493 g/mol. The van der Waals surface area contributed by atoms with Crippen molar-refractivity contribution in [2.75, 3.05) is 11.5 Å². The van der Waals surface area contributed by atoms with Gasteiger partial charge in [-0.25, -0.2) is 4.79 Å². The first kappa shape index (κ1) is 22.2. The first-order valence-electron chi connectivity index (χ1n) is 9.14. The van der Waals surface area contributed by atoms with Crippen molar-refractivity contribution < 1.29 is 24.4 Å². The average Bonchev–Trinajstić information content (AvgIpc) is 3.20. The Morgan fingerprint density at radius 1 is 1.34 bits per heavy atom. The Morgan fingerprint density at radius 2 is 2.06 bits per heavy atom. The summed E-state index contributed by atoms with van der Waals surface area (Å²) < 4.78 is 0.718. The van der Waals surface area contributed by atoms with Crippen molar-refractivity contribution in [1.82, 2.24) is 20.4 Å². The number of hydrogen-bond acceptors (Lipinski definition) is 10. The number of benzene rings is 1. The number of nitro groups is 1. The van der Waals surface area contributed by atoms with Crippen molar-refractivity contribution in [3.05, 3.63) is 56.2 Å². The SMILES string of the molecule is Cc1nnc(SCC2=C(C(=O)O)N3C(=O)C(NC(=O)c4ccc([N+](=O)[O-])cc4)C3SC2)s1. The standard InChI is InChI=1S/C18H15N5O6S3/c1-8-20-21-18(32-8)31-7-10-6-30-16-12(15(25)22(16)13(10)17(26)27)19-14(24)9-2-4-11(5-3-9)23(28)29/h2-5,12,16H,6-7H2,1H3,(H,19,24)(H,26,27). The zero-order valence-corrected chi connectivity index (χ0v) is 18.8. The zero-order chi connectivity index (χ0) is 23.0. The molecule has 2 atom stereocenters. The third-order valence-corrected chi connectivity index (χ3v) is 8.15. The predicted octanol–water partition coefficient (Wildman–Crippen LogP) is 1.90. The van der Waals surface area contributed by atoms with Crippen LogP contribution in [0.4, 0.5) is 5.69 Å². The largest absolute Gasteiger partial charge is 0.477 e. The van der Waals surface area contributed by atoms with E-state index in [2.05, 4.69) is 15.5 Å². The lowest BCUT2D eigenvalue weighted by Crippen LogP contribution is -2.70. The number of β-lactam (4-membered cyclic amide) rings is 1. The average molecular weight is 494 g/mol. The van der Waals surface area contributed by atoms with Crippen LogP contribution in [0.15, 0.2) is 39.9 Å². The number of aromatic nitrogens is 2. The topological polar surface area (TPSA) is 156 Å². The fourth-order valence-corrected chi connectivity index (χ4v) is 6.54. The van der Waals surface area contributed by atoms with E-state index in [1.54, 1.807) is 0 Å². The highest BCUT2D eigenvalue weighted by molar-refractivity contribution is 8.01. The van der Waals surface area contributed by atoms with E-state index in [-0.39, 0.29) is 16.9 Å². The Morgan fingerprint density at radius 3 is 2.66 bits per heavy atom. The first-order chi connectivity index (χ1) is 15.3. The number of nitrogens with one attached hydrogen (secondary N) is 1. The number of amides is 2. The lowest BCUT2D eigenvalue weighted by atomic mass is 10.0. The summed E-state index contributed by atoms with van der Waals surface area (Å²) in [5.74, 6) is -1.52. The maximum atomic E-state index is 12.7. The minimum Gasteiger partial charge on any atom is -0.477 e. The molecule has 2 aromatic rings. The van der Waals surface area contributed by atoms with E-state index in [9.17, 15) is 29.6 Å². The zero-order valence-electron chi connectivity index (χ0n) is 16.4. The quantitative estimate of drug-likeness (QED) is 0.253. The minimum atomic E-state index is -1.20. The number of nitro benzene ring substituents is 1. The molecule has 1 aromatic heterocycles. The second kappa shape index (κ2) is 8.88. The van der Waals surface area contributed by atoms with Gasteiger partial charge in [0.15, 0.2) is 4.34 Å². The smallest absolute Gasteiger partial charge is 0.352 e. The number of carbonyl (C=O) groups is 3. The van der Waals surface area contributed by atoms with Gasteiger partial charge in [-0.1, -0.05) is 23.1 Å². The summed E-state index contributed by atoms with van der Waals surface area (Å²) in [5, 5.41) is 31.3. The van der Waals surface area contributed by atoms with E-state index in [0.29, 0.717) is 17.1 Å². The molecule has 1 fully saturated rings. The highest BCUT2D eigenvalue weighted by atomic mass is 32.2. The maximum Gasteiger partial charge on any atom is 0.352 e. The third kappa shape index (κ3) is 4.20. The van der Waals surface area contributed by atoms with Gasteiger partial charge in [-0.2, -0.15) is 0 Å². The Labute approximate surface area is 193 Å². The second-order valence-corrected chi connectivity index (χ2v) is 10.3. The number of carbonyl (C=O) groups excluding carboxylic acids is 2. The van der Waals surface area contributed by atoms with E-state index >= 15 is 0 Å². The molecule has 1 saturated heterocycles. The molecule has 2 N–H and O–H groups in total. The van der Waals surface area contributed by atoms with Crippen LogP contribution in [0.5, 0.6) is 0 Å². The summed E-state index contributed by atoms with van der Waals surface area (Å²) >= 11 is 4.14. The number of nitrogens with zero attached hydrogens (tertiary/aromatic N) is 4. The van der Waals surface area contributed by atoms with Crippen LogP contribution in [0.2, 0.25) is 0 Å². The fourth-order valence-electron chi connectivity index (χ4n) is 3.24. The molecule has 2 unspecified atom stereocenters. The number of rotatable bonds is 7. The number of thioether (sulfide) groups is 2. The molecular formula is C18H15N5O6S3. The molecule has 0 aliphatic carbocycles. The summed E-state index contributed by atoms with van der Waals surface area (Å²) in [4.78, 5) is 48.5. The van der Waals surface area contributed by atoms with Crippen molar-refractivity contribution in [2.24, 2.45) is 0 Å². The Bertz CT molecular complexity index is 1150. The number of fused-ring (bicyclic) bond motifs is 1. The van der Waals surface area contributed by atoms with Crippen LogP contribution < -0.4 is 5.32 Å². The molecule has 11 nitrogen and oxygen atoms in total. The van der Waals surface area contributed by atoms with Crippen LogP contribution in [-0.4, -0.2) is 65.8 Å². The summed E-state index contributed by atoms with van der Waals surface area (Å²) in [6, 6.07) is 4.13. The molecule has 4 rings (SSSR count). The minimum absolute atomic E-state index is 0.0617. The van der Waals surface area contributed by atoms with Crippen LogP contribution >= 0.6 is 34.9 Å². The van der Waals surface area contributed by atoms with Crippen LogP contribution in [0.25, 0.3) is 0 Å². The van der Waals surface area contributed by atoms with Crippen LogP contribution in [0.3, 0.4) is 0 Å². The van der Waals surface area contributed by atoms with Crippen LogP contribution in [0, 0.1) is 17.0 Å². The highest BCUT2D eigenvalue weighted by Gasteiger charge is 2.54. The van der Waals surface area contributed by atoms with Gasteiger partial charge < -0.3 is 10.4 Å². The molecule has 32 heavy (non-hydrogen) atoms. The lowest BCUT2D eigenvalue weighted by Gasteiger charge is -2.49. The van der Waals surface area contributed by atoms with Crippen LogP contribution in [-0.2, 0) is 9.59 Å². The van der Waals surface area contributed by atoms with Gasteiger partial charge in [0.25, 0.3) is 17.5 Å². The Hall–Kier alpha value is -2.97. The van der Waals surface area contributed by atoms with Gasteiger partial charge in [0.1, 0.15) is 22.1 Å². The molecule has 2 aliphatic heterocycles. The van der Waals surface area contributed by atoms with Gasteiger partial charge in [-0.15, -0.1) is 22.0 Å². The van der Waals surface area contributed by atoms with E-state index in [4.69, 9.17) is 0 Å². The van der Waals surface area contributed by atoms with E-state index in [1.165, 1.54) is 64.0 Å². The molecule has 1 aromatic carbocycles. The van der Waals surface area contributed by atoms with Gasteiger partial charge in [0.2, 0.25) is 0 Å². The number of aliphatic carboxylic acids is 1. The van der Waals surface area contributed by atoms with E-state index in [0.717, 1.165) is 9.35 Å². The number of aryl methyl sites for hydroxylation is 1. The first-order valence-corrected chi connectivity index (χ1v) is 12.0. The summed E-state index contributed by atoms with van der Waals surface area (Å²) in [6.45, 7) is 1.83. The van der Waals surface area contributed by atoms with Crippen molar-refractivity contribution in [3.8, 4) is 0 Å². The molecule has 14 heteroatoms. The summed E-state index contributed by atoms with van der Waals surface area (Å²) in [6.07, 6.45) is 0. The molecule has 2 aliphatic rings. The van der Waals surface area contributed by atoms with Gasteiger partial charge in [0, 0.05) is 29.2 Å². The number of hydrogen-bond donors (Lipinski definition) is 2. The van der Waals surface area contributed by atoms with Crippen molar-refractivity contribution in [3.63, 3.8) is 0 Å². The molecule has 0 radical (unpaired) electrons. The molecule has 3 heterocycles. The summed E-state index contributed by atoms with van der Waals surface area (Å²) in [5.41, 5.74) is 0.556. The fraction of sp³-hybridized carbons (Fsp3) is 0.278. The lowest BCUT2D eigenvalue weighted by molar-refractivity contribution is -0.384. The van der Waals surface area contributed by atoms with Gasteiger partial charge in [-0.3, -0.25) is 24.6 Å². The molecule has 2 amide bonds. The molecular weight excluding hydrogens is 478 g/mol. The molecule has 0 saturated carbocycles. The number of non-ortho nitro benzene ring substituents is 1. The van der Waals surface area contributed by atoms with Crippen molar-refractivity contribution in [2.45, 2.75) is 22.7 Å². The normalized spacial score (nSPS) is 19.9. The van der Waals surface area contributed by atoms with Gasteiger partial charge >= 0.3 is 5.97 Å². The highest BCUT2D eigenvalue weighted by Crippen LogP contribution is 2.41. The number of carboxylic acids is 1. The van der Waals surface area contributed by atoms with Crippen LogP contribution in [0.1, 0.15) is 15.4 Å². The van der Waals surface area contributed by atoms with Crippen molar-refractivity contribution in [1.29, 1.82) is 0 Å². The van der Waals surface area contributed by atoms with Gasteiger partial charge in [0.05, 0.1) is 4.92 Å². The predicted molar refractivity (Wildman–Crippen MR) is 117 cm³/mol. The Kier molecular flexibility index (Phi) is 6.17. The van der Waals surface area contributed by atoms with Gasteiger partial charge in [-0.05, 0) is 24.6 Å². The maximum absolute atomic E-state index is 12.7. The van der Waals surface area contributed by atoms with E-state index < -0.39 is 34.1 Å². The third-order valence-electron chi connectivity index (χ3n) is 4.75. The summed E-state index contributed by atoms with van der Waals surface area (Å²) in [7, 11) is 0. The number of carboxylic acid groups (broad SMARTS) is 1. The second-order valence-electron chi connectivity index (χ2n) is 6.80. The molecule has 0 bridgehead atoms. The van der Waals surface area contributed by atoms with Crippen molar-refractivity contribution >= 4 is 58.3 Å².